The molecule has 0 fully saturated rings. The fourth-order valence-corrected chi connectivity index (χ4v) is 3.14. The normalized spacial score (nSPS) is 12.6. The average Bonchev–Trinajstić information content (AvgIpc) is 2.08. The minimum atomic E-state index is -2.33. The molecule has 0 heterocycles. The van der Waals surface area contributed by atoms with E-state index in [1.54, 1.807) is 0 Å². The van der Waals surface area contributed by atoms with E-state index in [4.69, 9.17) is 33.2 Å². The van der Waals surface area contributed by atoms with E-state index in [1.165, 1.54) is 32.1 Å². The van der Waals surface area contributed by atoms with Crippen molar-refractivity contribution in [3.63, 3.8) is 0 Å². The number of hydrogen-bond acceptors (Lipinski definition) is 0. The molecule has 0 N–H and O–H groups in total. The Hall–Kier alpha value is 0.827. The molecule has 0 unspecified atom stereocenters. The molecule has 0 rings (SSSR count). The van der Waals surface area contributed by atoms with Crippen LogP contribution in [0, 0.1) is 0 Å². The van der Waals surface area contributed by atoms with E-state index in [0.717, 1.165) is 12.5 Å². The van der Waals surface area contributed by atoms with Crippen LogP contribution in [0.4, 0.5) is 0 Å². The Morgan fingerprint density at radius 3 is 2.07 bits per heavy atom. The lowest BCUT2D eigenvalue weighted by Gasteiger charge is -2.06. The summed E-state index contributed by atoms with van der Waals surface area (Å²) >= 11 is 17.3. The van der Waals surface area contributed by atoms with Crippen LogP contribution in [-0.2, 0) is 0 Å². The predicted molar refractivity (Wildman–Crippen MR) is 70.6 cm³/mol. The summed E-state index contributed by atoms with van der Waals surface area (Å²) in [7, 11) is 0. The van der Waals surface area contributed by atoms with Crippen molar-refractivity contribution >= 4 is 39.2 Å². The van der Waals surface area contributed by atoms with Gasteiger partial charge in [0.25, 0.3) is 0 Å². The van der Waals surface area contributed by atoms with E-state index < -0.39 is 6.00 Å². The third-order valence-corrected chi connectivity index (χ3v) is 4.69. The molecule has 0 aliphatic heterocycles. The number of unbranched alkanes of at least 4 members (excludes halogenated alkanes) is 5. The lowest BCUT2D eigenvalue weighted by Crippen LogP contribution is -2.07. The quantitative estimate of drug-likeness (QED) is 0.235. The second-order valence-electron chi connectivity index (χ2n) is 3.49. The second-order valence-corrected chi connectivity index (χ2v) is 12.8. The van der Waals surface area contributed by atoms with Crippen molar-refractivity contribution in [1.82, 2.24) is 0 Å². The third kappa shape index (κ3) is 12.8. The van der Waals surface area contributed by atoms with Crippen LogP contribution < -0.4 is 0 Å². The van der Waals surface area contributed by atoms with Crippen LogP contribution in [0.1, 0.15) is 45.4 Å². The van der Waals surface area contributed by atoms with Gasteiger partial charge in [-0.3, -0.25) is 0 Å². The third-order valence-electron chi connectivity index (χ3n) is 2.07. The van der Waals surface area contributed by atoms with E-state index in [-0.39, 0.29) is 0 Å². The first kappa shape index (κ1) is 14.8. The zero-order valence-corrected chi connectivity index (χ0v) is 12.0. The Labute approximate surface area is 103 Å². The summed E-state index contributed by atoms with van der Waals surface area (Å²) < 4.78 is 0. The van der Waals surface area contributed by atoms with Crippen LogP contribution in [0.5, 0.6) is 0 Å². The fraction of sp³-hybridized carbons (Fsp3) is 0.800. The second kappa shape index (κ2) is 9.08. The molecule has 0 amide bonds. The molecule has 4 heteroatoms. The minimum Gasteiger partial charge on any atom is -0.126 e. The van der Waals surface area contributed by atoms with E-state index in [2.05, 4.69) is 19.1 Å². The summed E-state index contributed by atoms with van der Waals surface area (Å²) in [5.41, 5.74) is 0. The molecule has 0 saturated carbocycles. The maximum Gasteiger partial charge on any atom is 0.341 e. The molecule has 0 saturated heterocycles. The topological polar surface area (TPSA) is 0 Å². The lowest BCUT2D eigenvalue weighted by atomic mass is 10.1. The highest BCUT2D eigenvalue weighted by Gasteiger charge is 2.23. The molecule has 14 heavy (non-hydrogen) atoms. The number of rotatable bonds is 8. The molecule has 0 aromatic carbocycles. The van der Waals surface area contributed by atoms with Crippen molar-refractivity contribution in [3.8, 4) is 0 Å². The van der Waals surface area contributed by atoms with Gasteiger partial charge in [0.05, 0.1) is 0 Å². The molecule has 0 aliphatic carbocycles. The van der Waals surface area contributed by atoms with Crippen molar-refractivity contribution < 1.29 is 0 Å². The molecule has 0 aromatic heterocycles. The summed E-state index contributed by atoms with van der Waals surface area (Å²) in [6.07, 6.45) is 11.7. The summed E-state index contributed by atoms with van der Waals surface area (Å²) in [4.78, 5) is 0. The molecule has 0 radical (unpaired) electrons. The van der Waals surface area contributed by atoms with Gasteiger partial charge in [0.15, 0.2) is 0 Å². The zero-order chi connectivity index (χ0) is 10.9. The van der Waals surface area contributed by atoms with Crippen LogP contribution in [0.3, 0.4) is 0 Å². The Morgan fingerprint density at radius 1 is 0.929 bits per heavy atom. The summed E-state index contributed by atoms with van der Waals surface area (Å²) in [5.74, 6) is 0. The van der Waals surface area contributed by atoms with Crippen molar-refractivity contribution in [2.75, 3.05) is 0 Å². The van der Waals surface area contributed by atoms with Crippen molar-refractivity contribution in [1.29, 1.82) is 0 Å². The zero-order valence-electron chi connectivity index (χ0n) is 8.74. The molecule has 84 valence electrons. The van der Waals surface area contributed by atoms with Gasteiger partial charge in [-0.2, -0.15) is 0 Å². The SMILES string of the molecule is CC=CCCCCCCC[Si](Cl)(Cl)Cl. The van der Waals surface area contributed by atoms with Gasteiger partial charge in [0.1, 0.15) is 0 Å². The van der Waals surface area contributed by atoms with E-state index in [9.17, 15) is 0 Å². The number of allylic oxidation sites excluding steroid dienone is 2. The van der Waals surface area contributed by atoms with Crippen molar-refractivity contribution in [3.05, 3.63) is 12.2 Å². The monoisotopic (exact) mass is 272 g/mol. The molecule has 0 nitrogen and oxygen atoms in total. The first-order valence-electron chi connectivity index (χ1n) is 5.24. The Morgan fingerprint density at radius 2 is 1.50 bits per heavy atom. The molecular weight excluding hydrogens is 255 g/mol. The maximum atomic E-state index is 5.78. The van der Waals surface area contributed by atoms with Gasteiger partial charge in [0.2, 0.25) is 0 Å². The van der Waals surface area contributed by atoms with Gasteiger partial charge < -0.3 is 0 Å². The van der Waals surface area contributed by atoms with Crippen LogP contribution in [0.25, 0.3) is 0 Å². The first-order chi connectivity index (χ1) is 6.56. The van der Waals surface area contributed by atoms with Crippen LogP contribution in [-0.4, -0.2) is 6.00 Å². The fourth-order valence-electron chi connectivity index (χ4n) is 1.28. The van der Waals surface area contributed by atoms with Crippen LogP contribution in [0.15, 0.2) is 12.2 Å². The highest BCUT2D eigenvalue weighted by molar-refractivity contribution is 7.64. The highest BCUT2D eigenvalue weighted by atomic mass is 35.8. The van der Waals surface area contributed by atoms with Gasteiger partial charge in [-0.25, -0.2) is 0 Å². The Balaban J connectivity index is 3.07. The average molecular weight is 274 g/mol. The molecular formula is C10H19Cl3Si. The van der Waals surface area contributed by atoms with Crippen LogP contribution in [0.2, 0.25) is 6.04 Å². The smallest absolute Gasteiger partial charge is 0.126 e. The molecule has 0 aliphatic rings. The summed E-state index contributed by atoms with van der Waals surface area (Å²) in [6, 6.07) is -1.52. The van der Waals surface area contributed by atoms with E-state index in [0.29, 0.717) is 0 Å². The lowest BCUT2D eigenvalue weighted by molar-refractivity contribution is 0.636. The van der Waals surface area contributed by atoms with Crippen LogP contribution >= 0.6 is 33.2 Å². The Bertz CT molecular complexity index is 152. The van der Waals surface area contributed by atoms with E-state index in [1.807, 2.05) is 0 Å². The van der Waals surface area contributed by atoms with Crippen molar-refractivity contribution in [2.24, 2.45) is 0 Å². The Kier molecular flexibility index (Phi) is 9.62. The van der Waals surface area contributed by atoms with Gasteiger partial charge in [-0.1, -0.05) is 37.8 Å². The highest BCUT2D eigenvalue weighted by Crippen LogP contribution is 2.27. The van der Waals surface area contributed by atoms with E-state index >= 15 is 0 Å². The van der Waals surface area contributed by atoms with Crippen molar-refractivity contribution in [2.45, 2.75) is 51.5 Å². The minimum absolute atomic E-state index is 0.812. The molecule has 0 bridgehead atoms. The standard InChI is InChI=1S/C10H19Cl3Si/c1-2-3-4-5-6-7-8-9-10-14(11,12)13/h2-3H,4-10H2,1H3. The summed E-state index contributed by atoms with van der Waals surface area (Å²) in [5, 5.41) is 0. The number of hydrogen-bond donors (Lipinski definition) is 0. The largest absolute Gasteiger partial charge is 0.341 e. The summed E-state index contributed by atoms with van der Waals surface area (Å²) in [6.45, 7) is 2.06. The predicted octanol–water partition coefficient (Wildman–Crippen LogP) is 5.56. The van der Waals surface area contributed by atoms with Gasteiger partial charge in [-0.15, -0.1) is 33.2 Å². The molecule has 0 spiro atoms. The maximum absolute atomic E-state index is 5.78. The van der Waals surface area contributed by atoms with Gasteiger partial charge in [-0.05, 0) is 25.8 Å². The number of halogens is 3. The molecule has 0 atom stereocenters. The van der Waals surface area contributed by atoms with Gasteiger partial charge >= 0.3 is 6.00 Å². The first-order valence-corrected chi connectivity index (χ1v) is 10.5. The van der Waals surface area contributed by atoms with Gasteiger partial charge in [0, 0.05) is 0 Å². The molecule has 0 aromatic rings.